The minimum absolute atomic E-state index is 0.169. The second kappa shape index (κ2) is 8.71. The first-order chi connectivity index (χ1) is 13.4. The van der Waals surface area contributed by atoms with Crippen molar-refractivity contribution in [3.8, 4) is 0 Å². The molecule has 0 bridgehead atoms. The SMILES string of the molecule is O=C1NC(=O)C(Cc2cccc(C(=O)NC(Cc3ccccc3)C(=O)O)c2)S1. The molecule has 1 fully saturated rings. The summed E-state index contributed by atoms with van der Waals surface area (Å²) in [6.07, 6.45) is 0.471. The number of amides is 3. The second-order valence-electron chi connectivity index (χ2n) is 6.34. The highest BCUT2D eigenvalue weighted by Gasteiger charge is 2.31. The highest BCUT2D eigenvalue weighted by molar-refractivity contribution is 8.15. The van der Waals surface area contributed by atoms with E-state index in [1.165, 1.54) is 0 Å². The van der Waals surface area contributed by atoms with Gasteiger partial charge in [0.15, 0.2) is 0 Å². The zero-order chi connectivity index (χ0) is 20.1. The van der Waals surface area contributed by atoms with Crippen molar-refractivity contribution in [2.24, 2.45) is 0 Å². The first-order valence-electron chi connectivity index (χ1n) is 8.60. The minimum atomic E-state index is -1.12. The number of carbonyl (C=O) groups excluding carboxylic acids is 3. The first-order valence-corrected chi connectivity index (χ1v) is 9.48. The van der Waals surface area contributed by atoms with E-state index in [9.17, 15) is 24.3 Å². The maximum atomic E-state index is 12.5. The summed E-state index contributed by atoms with van der Waals surface area (Å²) in [6, 6.07) is 14.6. The van der Waals surface area contributed by atoms with Crippen LogP contribution in [-0.4, -0.2) is 39.4 Å². The number of hydrogen-bond acceptors (Lipinski definition) is 5. The monoisotopic (exact) mass is 398 g/mol. The first kappa shape index (κ1) is 19.6. The van der Waals surface area contributed by atoms with Crippen molar-refractivity contribution < 1.29 is 24.3 Å². The van der Waals surface area contributed by atoms with Crippen LogP contribution >= 0.6 is 11.8 Å². The summed E-state index contributed by atoms with van der Waals surface area (Å²) in [6.45, 7) is 0. The van der Waals surface area contributed by atoms with Crippen LogP contribution in [0.3, 0.4) is 0 Å². The molecule has 0 aromatic heterocycles. The van der Waals surface area contributed by atoms with Crippen molar-refractivity contribution in [3.63, 3.8) is 0 Å². The van der Waals surface area contributed by atoms with Gasteiger partial charge in [-0.2, -0.15) is 0 Å². The van der Waals surface area contributed by atoms with Gasteiger partial charge < -0.3 is 10.4 Å². The molecule has 0 spiro atoms. The summed E-state index contributed by atoms with van der Waals surface area (Å²) in [7, 11) is 0. The van der Waals surface area contributed by atoms with Crippen LogP contribution in [-0.2, 0) is 22.4 Å². The fourth-order valence-corrected chi connectivity index (χ4v) is 3.73. The number of aliphatic carboxylic acids is 1. The van der Waals surface area contributed by atoms with Gasteiger partial charge in [0, 0.05) is 12.0 Å². The molecule has 3 N–H and O–H groups in total. The molecular weight excluding hydrogens is 380 g/mol. The van der Waals surface area contributed by atoms with Gasteiger partial charge in [0.05, 0.1) is 5.25 Å². The normalized spacial score (nSPS) is 17.1. The molecule has 7 nitrogen and oxygen atoms in total. The molecule has 2 aromatic rings. The lowest BCUT2D eigenvalue weighted by Gasteiger charge is -2.15. The number of carboxylic acids is 1. The summed E-state index contributed by atoms with van der Waals surface area (Å²) in [5.41, 5.74) is 1.81. The Hall–Kier alpha value is -3.13. The molecule has 3 rings (SSSR count). The van der Waals surface area contributed by atoms with Crippen LogP contribution in [0.5, 0.6) is 0 Å². The number of rotatable bonds is 7. The fraction of sp³-hybridized carbons (Fsp3) is 0.200. The molecule has 0 radical (unpaired) electrons. The molecular formula is C20H18N2O5S. The van der Waals surface area contributed by atoms with Crippen molar-refractivity contribution in [1.29, 1.82) is 0 Å². The highest BCUT2D eigenvalue weighted by atomic mass is 32.2. The number of hydrogen-bond donors (Lipinski definition) is 3. The van der Waals surface area contributed by atoms with E-state index in [-0.39, 0.29) is 17.6 Å². The summed E-state index contributed by atoms with van der Waals surface area (Å²) in [5, 5.41) is 13.3. The molecule has 1 aliphatic rings. The van der Waals surface area contributed by atoms with Gasteiger partial charge in [0.2, 0.25) is 5.91 Å². The molecule has 1 heterocycles. The lowest BCUT2D eigenvalue weighted by Crippen LogP contribution is -2.42. The topological polar surface area (TPSA) is 113 Å². The van der Waals surface area contributed by atoms with Crippen LogP contribution in [0.1, 0.15) is 21.5 Å². The van der Waals surface area contributed by atoms with Crippen molar-refractivity contribution in [2.75, 3.05) is 0 Å². The van der Waals surface area contributed by atoms with Crippen LogP contribution in [0.2, 0.25) is 0 Å². The van der Waals surface area contributed by atoms with E-state index in [1.807, 2.05) is 18.2 Å². The van der Waals surface area contributed by atoms with Gasteiger partial charge in [-0.15, -0.1) is 0 Å². The fourth-order valence-electron chi connectivity index (χ4n) is 2.87. The smallest absolute Gasteiger partial charge is 0.326 e. The van der Waals surface area contributed by atoms with Gasteiger partial charge in [-0.3, -0.25) is 19.7 Å². The Morgan fingerprint density at radius 2 is 1.79 bits per heavy atom. The molecule has 0 saturated carbocycles. The zero-order valence-electron chi connectivity index (χ0n) is 14.8. The Morgan fingerprint density at radius 1 is 1.07 bits per heavy atom. The Bertz CT molecular complexity index is 916. The van der Waals surface area contributed by atoms with E-state index >= 15 is 0 Å². The van der Waals surface area contributed by atoms with Gasteiger partial charge in [0.25, 0.3) is 11.1 Å². The van der Waals surface area contributed by atoms with E-state index in [1.54, 1.807) is 36.4 Å². The van der Waals surface area contributed by atoms with Gasteiger partial charge >= 0.3 is 5.97 Å². The second-order valence-corrected chi connectivity index (χ2v) is 7.52. The molecule has 28 heavy (non-hydrogen) atoms. The Morgan fingerprint density at radius 3 is 2.43 bits per heavy atom. The largest absolute Gasteiger partial charge is 0.480 e. The number of imide groups is 1. The summed E-state index contributed by atoms with van der Waals surface area (Å²) >= 11 is 0.921. The van der Waals surface area contributed by atoms with Gasteiger partial charge in [-0.1, -0.05) is 54.2 Å². The molecule has 144 valence electrons. The Labute approximate surface area is 165 Å². The molecule has 1 saturated heterocycles. The number of carbonyl (C=O) groups is 4. The number of carboxylic acid groups (broad SMARTS) is 1. The van der Waals surface area contributed by atoms with Gasteiger partial charge in [-0.05, 0) is 29.7 Å². The standard InChI is InChI=1S/C20H18N2O5S/c23-17(21-15(19(25)26)10-12-5-2-1-3-6-12)14-8-4-7-13(9-14)11-16-18(24)22-20(27)28-16/h1-9,15-16H,10-11H2,(H,21,23)(H,25,26)(H,22,24,27). The number of thioether (sulfide) groups is 1. The zero-order valence-corrected chi connectivity index (χ0v) is 15.6. The molecule has 1 aliphatic heterocycles. The Kier molecular flexibility index (Phi) is 6.10. The third kappa shape index (κ3) is 4.98. The minimum Gasteiger partial charge on any atom is -0.480 e. The van der Waals surface area contributed by atoms with Crippen LogP contribution in [0.15, 0.2) is 54.6 Å². The van der Waals surface area contributed by atoms with E-state index in [4.69, 9.17) is 0 Å². The quantitative estimate of drug-likeness (QED) is 0.658. The van der Waals surface area contributed by atoms with Crippen LogP contribution in [0.4, 0.5) is 4.79 Å². The lowest BCUT2D eigenvalue weighted by atomic mass is 10.0. The van der Waals surface area contributed by atoms with E-state index in [0.717, 1.165) is 17.3 Å². The summed E-state index contributed by atoms with van der Waals surface area (Å²) in [5.74, 6) is -1.98. The lowest BCUT2D eigenvalue weighted by molar-refractivity contribution is -0.139. The van der Waals surface area contributed by atoms with Crippen LogP contribution < -0.4 is 10.6 Å². The summed E-state index contributed by atoms with van der Waals surface area (Å²) in [4.78, 5) is 47.1. The third-order valence-electron chi connectivity index (χ3n) is 4.26. The van der Waals surface area contributed by atoms with Crippen molar-refractivity contribution >= 4 is 34.8 Å². The Balaban J connectivity index is 1.68. The predicted molar refractivity (Wildman–Crippen MR) is 104 cm³/mol. The van der Waals surface area contributed by atoms with Gasteiger partial charge in [-0.25, -0.2) is 4.79 Å². The average molecular weight is 398 g/mol. The molecule has 3 amide bonds. The van der Waals surface area contributed by atoms with Crippen molar-refractivity contribution in [1.82, 2.24) is 10.6 Å². The van der Waals surface area contributed by atoms with Gasteiger partial charge in [0.1, 0.15) is 6.04 Å². The van der Waals surface area contributed by atoms with Crippen LogP contribution in [0, 0.1) is 0 Å². The molecule has 0 aliphatic carbocycles. The summed E-state index contributed by atoms with van der Waals surface area (Å²) < 4.78 is 0. The van der Waals surface area contributed by atoms with E-state index in [0.29, 0.717) is 17.5 Å². The maximum Gasteiger partial charge on any atom is 0.326 e. The highest BCUT2D eigenvalue weighted by Crippen LogP contribution is 2.23. The molecule has 2 aromatic carbocycles. The number of benzene rings is 2. The molecule has 2 atom stereocenters. The molecule has 8 heteroatoms. The maximum absolute atomic E-state index is 12.5. The van der Waals surface area contributed by atoms with E-state index in [2.05, 4.69) is 10.6 Å². The van der Waals surface area contributed by atoms with Crippen LogP contribution in [0.25, 0.3) is 0 Å². The molecule has 2 unspecified atom stereocenters. The predicted octanol–water partition coefficient (Wildman–Crippen LogP) is 2.01. The van der Waals surface area contributed by atoms with Crippen molar-refractivity contribution in [2.45, 2.75) is 24.1 Å². The average Bonchev–Trinajstić information content (AvgIpc) is 2.99. The third-order valence-corrected chi connectivity index (χ3v) is 5.24. The number of nitrogens with one attached hydrogen (secondary N) is 2. The van der Waals surface area contributed by atoms with E-state index < -0.39 is 23.2 Å². The van der Waals surface area contributed by atoms with Crippen molar-refractivity contribution in [3.05, 3.63) is 71.3 Å².